The standard InChI is InChI=1S/C70H89N15O13/c1-38(2)30-51-63(91)83-56(32-40-14-6-5-7-15-40)70(98)85-29-13-21-57(85)68(96)82-54(34-43-37-75-48-19-11-9-17-46(43)48)65(93)80-53(33-42-36-74-47-18-10-8-16-45(42)47)64(92)81-55(35-59(73)88)66(94)76-50(26-27-58(72)87)62(90)79-52(31-41-22-24-44(86)25-23-41)67(95)84-60(39(3)4)69(97)77-49(20-12-28-71)61(89)78-51/h5-11,14-19,22-25,36-39,49-57,60,74-75,86H,12-13,20-21,26-35,71H2,1-4H3,(H2,72,87)(H2,73,88)(H,76,94)(H,77,97)(H,78,89)(H,79,90)(H,80,93)(H,81,92)(H,82,96)(H,83,91)(H,84,95)/t49-,50-,51-,52-,53+,54-,55-,56+,57-,60-/m0/s1. The Hall–Kier alpha value is -10.6. The van der Waals surface area contributed by atoms with Crippen LogP contribution in [-0.4, -0.2) is 164 Å². The fraction of sp³-hybridized carbons (Fsp3) is 0.429. The lowest BCUT2D eigenvalue weighted by Gasteiger charge is -2.32. The first-order valence-electron chi connectivity index (χ1n) is 33.1. The number of carbonyl (C=O) groups is 12. The van der Waals surface area contributed by atoms with Crippen molar-refractivity contribution in [3.05, 3.63) is 138 Å². The molecule has 2 aliphatic rings. The summed E-state index contributed by atoms with van der Waals surface area (Å²) in [4.78, 5) is 182. The van der Waals surface area contributed by atoms with Gasteiger partial charge < -0.3 is 85.0 Å². The Kier molecular flexibility index (Phi) is 25.6. The molecule has 0 radical (unpaired) electrons. The second-order valence-corrected chi connectivity index (χ2v) is 25.8. The summed E-state index contributed by atoms with van der Waals surface area (Å²) in [5.41, 5.74) is 20.8. The van der Waals surface area contributed by atoms with Crippen molar-refractivity contribution in [3.63, 3.8) is 0 Å². The molecule has 6 aromatic rings. The minimum atomic E-state index is -1.88. The zero-order valence-corrected chi connectivity index (χ0v) is 55.3. The van der Waals surface area contributed by atoms with Crippen molar-refractivity contribution >= 4 is 92.7 Å². The fourth-order valence-electron chi connectivity index (χ4n) is 12.3. The predicted molar refractivity (Wildman–Crippen MR) is 363 cm³/mol. The van der Waals surface area contributed by atoms with Crippen molar-refractivity contribution in [3.8, 4) is 5.75 Å². The highest BCUT2D eigenvalue weighted by Gasteiger charge is 2.42. The average molecular weight is 1350 g/mol. The second kappa shape index (κ2) is 34.3. The van der Waals surface area contributed by atoms with Crippen molar-refractivity contribution in [2.75, 3.05) is 13.1 Å². The molecule has 4 heterocycles. The highest BCUT2D eigenvalue weighted by atomic mass is 16.3. The number of aromatic nitrogens is 2. The molecule has 28 nitrogen and oxygen atoms in total. The summed E-state index contributed by atoms with van der Waals surface area (Å²) in [7, 11) is 0. The van der Waals surface area contributed by atoms with E-state index in [1.165, 1.54) is 29.2 Å². The molecule has 0 unspecified atom stereocenters. The first kappa shape index (κ1) is 73.2. The van der Waals surface area contributed by atoms with Crippen molar-refractivity contribution in [2.45, 2.75) is 165 Å². The number of aromatic amines is 2. The molecule has 28 heteroatoms. The molecule has 2 aliphatic heterocycles. The number of rotatable bonds is 19. The van der Waals surface area contributed by atoms with E-state index in [0.717, 1.165) is 0 Å². The SMILES string of the molecule is CC(C)C[C@@H]1NC(=O)[C@H](CCCN)NC(=O)[C@H](C(C)C)NC(=O)[C@H](Cc2ccc(O)cc2)NC(=O)[C@H](CCC(N)=O)NC(=O)[C@H](CC(N)=O)NC(=O)[C@@H](Cc2c[nH]c3ccccc23)NC(=O)[C@H](Cc2c[nH]c3ccccc23)NC(=O)[C@@H]2CCCN2C(=O)[C@@H](Cc2ccccc2)NC1=O. The molecule has 522 valence electrons. The number of aromatic hydroxyl groups is 1. The Morgan fingerprint density at radius 2 is 0.939 bits per heavy atom. The van der Waals surface area contributed by atoms with Crippen molar-refractivity contribution in [2.24, 2.45) is 29.0 Å². The summed E-state index contributed by atoms with van der Waals surface area (Å²) in [5.74, 6) is -11.9. The quantitative estimate of drug-likeness (QED) is 0.0528. The normalized spacial score (nSPS) is 23.4. The third-order valence-corrected chi connectivity index (χ3v) is 17.5. The molecule has 2 aromatic heterocycles. The molecule has 10 atom stereocenters. The van der Waals surface area contributed by atoms with Gasteiger partial charge in [0.25, 0.3) is 0 Å². The number of hydrogen-bond donors (Lipinski definition) is 15. The molecule has 0 spiro atoms. The minimum Gasteiger partial charge on any atom is -0.508 e. The van der Waals surface area contributed by atoms with Gasteiger partial charge in [-0.2, -0.15) is 0 Å². The Labute approximate surface area is 566 Å². The number of phenolic OH excluding ortho intramolecular Hbond substituents is 1. The van der Waals surface area contributed by atoms with E-state index < -0.39 is 156 Å². The maximum atomic E-state index is 15.4. The number of para-hydroxylation sites is 2. The summed E-state index contributed by atoms with van der Waals surface area (Å²) in [5, 5.41) is 36.0. The van der Waals surface area contributed by atoms with Gasteiger partial charge in [-0.3, -0.25) is 57.5 Å². The number of primary amides is 2. The summed E-state index contributed by atoms with van der Waals surface area (Å²) >= 11 is 0. The van der Waals surface area contributed by atoms with Crippen molar-refractivity contribution < 1.29 is 62.6 Å². The molecule has 98 heavy (non-hydrogen) atoms. The fourth-order valence-corrected chi connectivity index (χ4v) is 12.3. The van der Waals surface area contributed by atoms with Crippen LogP contribution in [0, 0.1) is 11.8 Å². The molecule has 4 aromatic carbocycles. The molecule has 18 N–H and O–H groups in total. The Morgan fingerprint density at radius 1 is 0.490 bits per heavy atom. The number of amides is 12. The van der Waals surface area contributed by atoms with Gasteiger partial charge in [0.2, 0.25) is 70.9 Å². The first-order valence-corrected chi connectivity index (χ1v) is 33.1. The lowest BCUT2D eigenvalue weighted by Crippen LogP contribution is -2.62. The molecule has 0 saturated carbocycles. The number of nitrogens with one attached hydrogen (secondary N) is 11. The Morgan fingerprint density at radius 3 is 1.50 bits per heavy atom. The van der Waals surface area contributed by atoms with Crippen LogP contribution in [-0.2, 0) is 83.2 Å². The zero-order valence-electron chi connectivity index (χ0n) is 55.3. The van der Waals surface area contributed by atoms with Crippen LogP contribution in [0.1, 0.15) is 101 Å². The average Bonchev–Trinajstić information content (AvgIpc) is 1.61. The third kappa shape index (κ3) is 20.0. The van der Waals surface area contributed by atoms with Crippen molar-refractivity contribution in [1.29, 1.82) is 0 Å². The van der Waals surface area contributed by atoms with Gasteiger partial charge in [0.15, 0.2) is 0 Å². The lowest BCUT2D eigenvalue weighted by molar-refractivity contribution is -0.142. The lowest BCUT2D eigenvalue weighted by atomic mass is 9.98. The van der Waals surface area contributed by atoms with Gasteiger partial charge >= 0.3 is 0 Å². The van der Waals surface area contributed by atoms with Crippen molar-refractivity contribution in [1.82, 2.24) is 62.7 Å². The summed E-state index contributed by atoms with van der Waals surface area (Å²) in [6, 6.07) is 13.9. The molecule has 8 rings (SSSR count). The predicted octanol–water partition coefficient (Wildman–Crippen LogP) is 0.575. The van der Waals surface area contributed by atoms with E-state index in [1.807, 2.05) is 32.0 Å². The van der Waals surface area contributed by atoms with E-state index in [1.54, 1.807) is 86.9 Å². The van der Waals surface area contributed by atoms with Gasteiger partial charge in [-0.1, -0.05) is 107 Å². The van der Waals surface area contributed by atoms with Crippen LogP contribution < -0.4 is 65.1 Å². The van der Waals surface area contributed by atoms with E-state index in [-0.39, 0.29) is 76.1 Å². The Bertz CT molecular complexity index is 3850. The summed E-state index contributed by atoms with van der Waals surface area (Å²) in [6.07, 6.45) is 1.32. The largest absolute Gasteiger partial charge is 0.508 e. The molecule has 2 fully saturated rings. The van der Waals surface area contributed by atoms with Crippen LogP contribution in [0.3, 0.4) is 0 Å². The van der Waals surface area contributed by atoms with E-state index in [4.69, 9.17) is 17.2 Å². The molecular weight excluding hydrogens is 1260 g/mol. The molecule has 0 bridgehead atoms. The van der Waals surface area contributed by atoms with E-state index in [0.29, 0.717) is 50.5 Å². The molecule has 2 saturated heterocycles. The monoisotopic (exact) mass is 1350 g/mol. The maximum Gasteiger partial charge on any atom is 0.246 e. The highest BCUT2D eigenvalue weighted by molar-refractivity contribution is 6.01. The van der Waals surface area contributed by atoms with E-state index in [9.17, 15) is 43.5 Å². The van der Waals surface area contributed by atoms with Gasteiger partial charge in [0.1, 0.15) is 66.2 Å². The molecular formula is C70H89N15O13. The highest BCUT2D eigenvalue weighted by Crippen LogP contribution is 2.25. The second-order valence-electron chi connectivity index (χ2n) is 25.8. The van der Waals surface area contributed by atoms with E-state index >= 15 is 19.2 Å². The first-order chi connectivity index (χ1) is 46.8. The molecule has 12 amide bonds. The van der Waals surface area contributed by atoms with Crippen LogP contribution in [0.5, 0.6) is 5.75 Å². The number of phenols is 1. The topological polar surface area (TPSA) is 446 Å². The zero-order chi connectivity index (χ0) is 70.7. The number of carbonyl (C=O) groups excluding carboxylic acids is 12. The smallest absolute Gasteiger partial charge is 0.246 e. The minimum absolute atomic E-state index is 0.0335. The van der Waals surface area contributed by atoms with Crippen LogP contribution in [0.4, 0.5) is 0 Å². The van der Waals surface area contributed by atoms with Gasteiger partial charge in [0, 0.05) is 72.8 Å². The number of nitrogens with zero attached hydrogens (tertiary/aromatic N) is 1. The van der Waals surface area contributed by atoms with Crippen LogP contribution >= 0.6 is 0 Å². The number of hydrogen-bond acceptors (Lipinski definition) is 14. The summed E-state index contributed by atoms with van der Waals surface area (Å²) in [6.45, 7) is 7.03. The number of benzene rings is 4. The van der Waals surface area contributed by atoms with Gasteiger partial charge in [-0.15, -0.1) is 0 Å². The van der Waals surface area contributed by atoms with Crippen LogP contribution in [0.15, 0.2) is 116 Å². The van der Waals surface area contributed by atoms with Gasteiger partial charge in [0.05, 0.1) is 6.42 Å². The Balaban J connectivity index is 1.23. The van der Waals surface area contributed by atoms with Gasteiger partial charge in [-0.25, -0.2) is 0 Å². The molecule has 0 aliphatic carbocycles. The number of fused-ring (bicyclic) bond motifs is 3. The van der Waals surface area contributed by atoms with Crippen LogP contribution in [0.25, 0.3) is 21.8 Å². The third-order valence-electron chi connectivity index (χ3n) is 17.5. The number of H-pyrrole nitrogens is 2. The van der Waals surface area contributed by atoms with Gasteiger partial charge in [-0.05, 0) is 103 Å². The van der Waals surface area contributed by atoms with E-state index in [2.05, 4.69) is 57.8 Å². The maximum absolute atomic E-state index is 15.4. The number of nitrogens with two attached hydrogens (primary N) is 3. The van der Waals surface area contributed by atoms with Crippen LogP contribution in [0.2, 0.25) is 0 Å². The summed E-state index contributed by atoms with van der Waals surface area (Å²) < 4.78 is 0.